The molecule has 0 aliphatic heterocycles. The molecule has 0 bridgehead atoms. The van der Waals surface area contributed by atoms with E-state index in [2.05, 4.69) is 24.6 Å². The maximum Gasteiger partial charge on any atom is 0.258 e. The molecule has 0 unspecified atom stereocenters. The van der Waals surface area contributed by atoms with Crippen LogP contribution in [0.4, 0.5) is 11.4 Å². The molecule has 1 aromatic heterocycles. The number of aromatic nitrogens is 2. The zero-order valence-corrected chi connectivity index (χ0v) is 17.1. The fraction of sp³-hybridized carbons (Fsp3) is 0.300. The molecule has 6 heteroatoms. The van der Waals surface area contributed by atoms with E-state index in [9.17, 15) is 4.79 Å². The van der Waals surface area contributed by atoms with Crippen LogP contribution in [0.2, 0.25) is 21.1 Å². The number of fused-ring (bicyclic) bond motifs is 1. The molecule has 0 saturated carbocycles. The van der Waals surface area contributed by atoms with E-state index in [1.165, 1.54) is 6.33 Å². The van der Waals surface area contributed by atoms with Gasteiger partial charge in [0.15, 0.2) is 9.73 Å². The number of H-pyrrole nitrogens is 1. The molecule has 2 aromatic carbocycles. The van der Waals surface area contributed by atoms with E-state index in [0.29, 0.717) is 17.6 Å². The van der Waals surface area contributed by atoms with E-state index in [0.717, 1.165) is 16.4 Å². The van der Waals surface area contributed by atoms with Gasteiger partial charge in [0.05, 0.1) is 17.2 Å². The number of hydrogen-bond donors (Lipinski definition) is 1. The molecule has 3 rings (SSSR count). The average Bonchev–Trinajstić information content (AvgIpc) is 2.67. The van der Waals surface area contributed by atoms with Crippen LogP contribution in [0.3, 0.4) is 0 Å². The second kappa shape index (κ2) is 8.78. The van der Waals surface area contributed by atoms with E-state index >= 15 is 0 Å². The van der Waals surface area contributed by atoms with E-state index in [4.69, 9.17) is 5.84 Å². The van der Waals surface area contributed by atoms with Crippen LogP contribution in [0.15, 0.2) is 59.7 Å². The van der Waals surface area contributed by atoms with Crippen LogP contribution < -0.4 is 10.5 Å². The van der Waals surface area contributed by atoms with Gasteiger partial charge < -0.3 is 14.3 Å². The van der Waals surface area contributed by atoms with E-state index in [-0.39, 0.29) is 5.56 Å². The summed E-state index contributed by atoms with van der Waals surface area (Å²) in [6, 6.07) is 15.4. The molecule has 0 fully saturated rings. The molecule has 0 aliphatic carbocycles. The Bertz CT molecular complexity index is 939. The van der Waals surface area contributed by atoms with Crippen LogP contribution >= 0.6 is 0 Å². The van der Waals surface area contributed by atoms with E-state index in [1.54, 1.807) is 12.1 Å². The predicted molar refractivity (Wildman–Crippen MR) is 112 cm³/mol. The number of benzene rings is 2. The van der Waals surface area contributed by atoms with Crippen LogP contribution in [-0.2, 0) is 4.43 Å². The van der Waals surface area contributed by atoms with E-state index in [1.807, 2.05) is 55.1 Å². The van der Waals surface area contributed by atoms with Gasteiger partial charge in [0.2, 0.25) is 0 Å². The second-order valence-electron chi connectivity index (χ2n) is 6.53. The number of rotatable bonds is 5. The number of nitrogens with one attached hydrogen (secondary N) is 1. The van der Waals surface area contributed by atoms with Gasteiger partial charge in [0, 0.05) is 11.4 Å². The highest BCUT2D eigenvalue weighted by molar-refractivity contribution is 6.69. The Kier molecular flexibility index (Phi) is 6.20. The number of para-hydroxylation sites is 1. The Morgan fingerprint density at radius 2 is 1.81 bits per heavy atom. The molecule has 0 radical (unpaired) electrons. The normalized spacial score (nSPS) is 11.5. The van der Waals surface area contributed by atoms with Gasteiger partial charge in [-0.2, -0.15) is 0 Å². The van der Waals surface area contributed by atoms with Crippen molar-refractivity contribution in [3.63, 3.8) is 0 Å². The molecule has 0 amide bonds. The zero-order valence-electron chi connectivity index (χ0n) is 17.1. The summed E-state index contributed by atoms with van der Waals surface area (Å²) in [4.78, 5) is 19.2. The SMILES string of the molecule is CC.[2H]n1cnc2ccc(N(CO[Si](C)(C)C)c3ccccc3)cc2c1=O. The summed E-state index contributed by atoms with van der Waals surface area (Å²) in [6.07, 6.45) is 1.22. The minimum Gasteiger partial charge on any atom is -0.400 e. The Morgan fingerprint density at radius 3 is 2.46 bits per heavy atom. The fourth-order valence-electron chi connectivity index (χ4n) is 2.35. The van der Waals surface area contributed by atoms with Crippen molar-refractivity contribution in [2.24, 2.45) is 0 Å². The average molecular weight is 371 g/mol. The molecule has 0 spiro atoms. The quantitative estimate of drug-likeness (QED) is 0.513. The van der Waals surface area contributed by atoms with Crippen molar-refractivity contribution in [3.8, 4) is 0 Å². The monoisotopic (exact) mass is 370 g/mol. The lowest BCUT2D eigenvalue weighted by Gasteiger charge is -2.28. The van der Waals surface area contributed by atoms with E-state index < -0.39 is 8.32 Å². The first kappa shape index (κ1) is 18.4. The molecular formula is C20H27N3O2Si. The molecule has 0 aliphatic rings. The zero-order chi connectivity index (χ0) is 20.0. The molecule has 138 valence electrons. The fourth-order valence-corrected chi connectivity index (χ4v) is 2.87. The Balaban J connectivity index is 0.00000126. The largest absolute Gasteiger partial charge is 0.400 e. The molecule has 1 heterocycles. The van der Waals surface area contributed by atoms with Gasteiger partial charge in [0.25, 0.3) is 5.56 Å². The smallest absolute Gasteiger partial charge is 0.258 e. The van der Waals surface area contributed by atoms with Crippen molar-refractivity contribution in [2.45, 2.75) is 33.5 Å². The standard InChI is InChI=1S/C18H21N3O2Si.C2H6/c1-24(2,3)23-13-21(14-7-5-4-6-8-14)15-9-10-17-16(11-15)18(22)20-12-19-17;1-2/h4-12H,13H2,1-3H3,(H,19,20,22);1-2H3/i/hD. The minimum absolute atomic E-state index is 0.383. The van der Waals surface area contributed by atoms with Crippen molar-refractivity contribution in [1.82, 2.24) is 9.96 Å². The molecule has 26 heavy (non-hydrogen) atoms. The maximum absolute atomic E-state index is 12.2. The summed E-state index contributed by atoms with van der Waals surface area (Å²) in [7, 11) is -1.71. The molecular weight excluding hydrogens is 342 g/mol. The van der Waals surface area contributed by atoms with Gasteiger partial charge in [-0.1, -0.05) is 32.0 Å². The Labute approximate surface area is 157 Å². The lowest BCUT2D eigenvalue weighted by atomic mass is 10.2. The number of hydrogen-bond acceptors (Lipinski definition) is 4. The first-order valence-electron chi connectivity index (χ1n) is 9.27. The Morgan fingerprint density at radius 1 is 1.12 bits per heavy atom. The lowest BCUT2D eigenvalue weighted by molar-refractivity contribution is 0.321. The number of nitrogens with zero attached hydrogens (tertiary/aromatic N) is 2. The molecule has 1 N–H and O–H groups in total. The molecule has 5 nitrogen and oxygen atoms in total. The third kappa shape index (κ3) is 5.03. The summed E-state index contributed by atoms with van der Waals surface area (Å²) in [6.45, 7) is 10.8. The highest BCUT2D eigenvalue weighted by atomic mass is 28.4. The Hall–Kier alpha value is -2.44. The van der Waals surface area contributed by atoms with Crippen molar-refractivity contribution < 1.29 is 5.84 Å². The summed E-state index contributed by atoms with van der Waals surface area (Å²) < 4.78 is 13.7. The molecule has 0 saturated heterocycles. The van der Waals surface area contributed by atoms with Gasteiger partial charge in [-0.15, -0.1) is 0 Å². The minimum atomic E-state index is -1.71. The first-order valence-corrected chi connectivity index (χ1v) is 12.2. The van der Waals surface area contributed by atoms with Gasteiger partial charge in [-0.25, -0.2) is 4.98 Å². The van der Waals surface area contributed by atoms with Gasteiger partial charge in [-0.05, 0) is 50.0 Å². The highest BCUT2D eigenvalue weighted by Crippen LogP contribution is 2.27. The summed E-state index contributed by atoms with van der Waals surface area (Å²) in [5.74, 6) is 0. The molecule has 0 atom stereocenters. The molecule has 3 aromatic rings. The van der Waals surface area contributed by atoms with Gasteiger partial charge in [-0.3, -0.25) is 4.79 Å². The maximum atomic E-state index is 12.2. The summed E-state index contributed by atoms with van der Waals surface area (Å²) in [5.41, 5.74) is 2.01. The van der Waals surface area contributed by atoms with Crippen LogP contribution in [-0.4, -0.2) is 25.0 Å². The number of aromatic amines is 1. The van der Waals surface area contributed by atoms with Crippen LogP contribution in [0.25, 0.3) is 10.9 Å². The van der Waals surface area contributed by atoms with Crippen LogP contribution in [0.5, 0.6) is 0 Å². The van der Waals surface area contributed by atoms with Crippen molar-refractivity contribution >= 4 is 30.6 Å². The third-order valence-electron chi connectivity index (χ3n) is 3.59. The number of anilines is 2. The topological polar surface area (TPSA) is 58.2 Å². The van der Waals surface area contributed by atoms with Crippen molar-refractivity contribution in [1.29, 1.82) is 0 Å². The first-order chi connectivity index (χ1) is 12.8. The summed E-state index contributed by atoms with van der Waals surface area (Å²) in [5, 5.41) is 0.420. The summed E-state index contributed by atoms with van der Waals surface area (Å²) >= 11 is 0. The van der Waals surface area contributed by atoms with Crippen LogP contribution in [0, 0.1) is 0 Å². The second-order valence-corrected chi connectivity index (χ2v) is 11.0. The van der Waals surface area contributed by atoms with Gasteiger partial charge >= 0.3 is 0 Å². The van der Waals surface area contributed by atoms with Gasteiger partial charge in [0.1, 0.15) is 6.73 Å². The highest BCUT2D eigenvalue weighted by Gasteiger charge is 2.18. The van der Waals surface area contributed by atoms with Crippen molar-refractivity contribution in [2.75, 3.05) is 11.6 Å². The van der Waals surface area contributed by atoms with Crippen molar-refractivity contribution in [3.05, 3.63) is 65.2 Å². The lowest BCUT2D eigenvalue weighted by Crippen LogP contribution is -2.32. The predicted octanol–water partition coefficient (Wildman–Crippen LogP) is 4.90. The third-order valence-corrected chi connectivity index (χ3v) is 4.58. The van der Waals surface area contributed by atoms with Crippen LogP contribution in [0.1, 0.15) is 13.8 Å².